The molecular weight excluding hydrogens is 264 g/mol. The lowest BCUT2D eigenvalue weighted by Gasteiger charge is -2.32. The fraction of sp³-hybridized carbons (Fsp3) is 0.538. The molecule has 1 atom stereocenters. The molecule has 2 amide bonds. The second-order valence-electron chi connectivity index (χ2n) is 5.01. The summed E-state index contributed by atoms with van der Waals surface area (Å²) in [5, 5.41) is 11.2. The van der Waals surface area contributed by atoms with Crippen LogP contribution >= 0.6 is 11.3 Å². The van der Waals surface area contributed by atoms with Crippen molar-refractivity contribution in [3.05, 3.63) is 21.9 Å². The summed E-state index contributed by atoms with van der Waals surface area (Å²) < 4.78 is 0. The van der Waals surface area contributed by atoms with Gasteiger partial charge in [-0.2, -0.15) is 0 Å². The summed E-state index contributed by atoms with van der Waals surface area (Å²) in [6.45, 7) is 1.86. The fourth-order valence-corrected chi connectivity index (χ4v) is 3.74. The first-order chi connectivity index (χ1) is 9.16. The van der Waals surface area contributed by atoms with Crippen molar-refractivity contribution in [1.29, 1.82) is 0 Å². The lowest BCUT2D eigenvalue weighted by molar-refractivity contribution is -0.141. The average molecular weight is 280 g/mol. The molecule has 1 fully saturated rings. The van der Waals surface area contributed by atoms with Crippen LogP contribution in [0.5, 0.6) is 0 Å². The standard InChI is InChI=1S/C13H16N2O3S/c16-12(17)10-2-1-5-15(10)13(18)14-6-3-11-9(8-14)4-7-19-11/h4,7,10H,1-3,5-6,8H2,(H,16,17). The van der Waals surface area contributed by atoms with E-state index in [-0.39, 0.29) is 6.03 Å². The van der Waals surface area contributed by atoms with Gasteiger partial charge in [-0.3, -0.25) is 0 Å². The third-order valence-electron chi connectivity index (χ3n) is 3.86. The van der Waals surface area contributed by atoms with E-state index in [9.17, 15) is 9.59 Å². The molecule has 0 bridgehead atoms. The summed E-state index contributed by atoms with van der Waals surface area (Å²) in [5.74, 6) is -0.890. The highest BCUT2D eigenvalue weighted by Gasteiger charge is 2.36. The Kier molecular flexibility index (Phi) is 3.18. The largest absolute Gasteiger partial charge is 0.480 e. The van der Waals surface area contributed by atoms with Gasteiger partial charge in [0.1, 0.15) is 6.04 Å². The molecule has 5 nitrogen and oxygen atoms in total. The van der Waals surface area contributed by atoms with Gasteiger partial charge in [-0.15, -0.1) is 11.3 Å². The summed E-state index contributed by atoms with van der Waals surface area (Å²) in [6, 6.07) is 1.29. The highest BCUT2D eigenvalue weighted by atomic mass is 32.1. The van der Waals surface area contributed by atoms with Crippen molar-refractivity contribution < 1.29 is 14.7 Å². The van der Waals surface area contributed by atoms with Gasteiger partial charge < -0.3 is 14.9 Å². The number of rotatable bonds is 1. The molecule has 1 aromatic rings. The fourth-order valence-electron chi connectivity index (χ4n) is 2.85. The summed E-state index contributed by atoms with van der Waals surface area (Å²) in [5.41, 5.74) is 1.20. The van der Waals surface area contributed by atoms with Gasteiger partial charge in [-0.05, 0) is 36.3 Å². The van der Waals surface area contributed by atoms with Crippen molar-refractivity contribution >= 4 is 23.3 Å². The predicted octanol–water partition coefficient (Wildman–Crippen LogP) is 1.78. The van der Waals surface area contributed by atoms with Crippen molar-refractivity contribution in [3.8, 4) is 0 Å². The van der Waals surface area contributed by atoms with E-state index in [1.54, 1.807) is 16.2 Å². The zero-order valence-electron chi connectivity index (χ0n) is 10.5. The molecule has 19 heavy (non-hydrogen) atoms. The van der Waals surface area contributed by atoms with E-state index in [1.165, 1.54) is 15.3 Å². The van der Waals surface area contributed by atoms with Crippen molar-refractivity contribution in [3.63, 3.8) is 0 Å². The van der Waals surface area contributed by atoms with E-state index in [2.05, 4.69) is 11.4 Å². The van der Waals surface area contributed by atoms with Crippen LogP contribution in [0.15, 0.2) is 11.4 Å². The third-order valence-corrected chi connectivity index (χ3v) is 4.88. The van der Waals surface area contributed by atoms with Gasteiger partial charge >= 0.3 is 12.0 Å². The normalized spacial score (nSPS) is 22.4. The van der Waals surface area contributed by atoms with Crippen molar-refractivity contribution in [2.45, 2.75) is 31.8 Å². The Balaban J connectivity index is 1.73. The summed E-state index contributed by atoms with van der Waals surface area (Å²) in [6.07, 6.45) is 2.23. The number of carbonyl (C=O) groups excluding carboxylic acids is 1. The summed E-state index contributed by atoms with van der Waals surface area (Å²) in [7, 11) is 0. The SMILES string of the molecule is O=C(O)C1CCCN1C(=O)N1CCc2sccc2C1. The van der Waals surface area contributed by atoms with Gasteiger partial charge in [0.2, 0.25) is 0 Å². The van der Waals surface area contributed by atoms with Crippen LogP contribution in [0.1, 0.15) is 23.3 Å². The van der Waals surface area contributed by atoms with Crippen LogP contribution in [0.25, 0.3) is 0 Å². The van der Waals surface area contributed by atoms with Crippen LogP contribution in [-0.4, -0.2) is 46.0 Å². The minimum Gasteiger partial charge on any atom is -0.480 e. The maximum atomic E-state index is 12.4. The van der Waals surface area contributed by atoms with Gasteiger partial charge in [0.05, 0.1) is 0 Å². The zero-order chi connectivity index (χ0) is 13.4. The molecule has 0 aromatic carbocycles. The first-order valence-corrected chi connectivity index (χ1v) is 7.38. The molecule has 1 saturated heterocycles. The Bertz CT molecular complexity index is 514. The molecule has 0 aliphatic carbocycles. The molecular formula is C13H16N2O3S. The van der Waals surface area contributed by atoms with Gasteiger partial charge in [0.15, 0.2) is 0 Å². The number of hydrogen-bond acceptors (Lipinski definition) is 3. The number of nitrogens with zero attached hydrogens (tertiary/aromatic N) is 2. The van der Waals surface area contributed by atoms with Gasteiger partial charge in [0, 0.05) is 24.5 Å². The number of likely N-dealkylation sites (tertiary alicyclic amines) is 1. The molecule has 3 rings (SSSR count). The topological polar surface area (TPSA) is 60.9 Å². The maximum Gasteiger partial charge on any atom is 0.326 e. The second kappa shape index (κ2) is 4.85. The van der Waals surface area contributed by atoms with Crippen LogP contribution in [0.4, 0.5) is 4.79 Å². The highest BCUT2D eigenvalue weighted by Crippen LogP contribution is 2.26. The summed E-state index contributed by atoms with van der Waals surface area (Å²) in [4.78, 5) is 28.2. The number of amides is 2. The van der Waals surface area contributed by atoms with Crippen LogP contribution in [-0.2, 0) is 17.8 Å². The van der Waals surface area contributed by atoms with Crippen molar-refractivity contribution in [2.75, 3.05) is 13.1 Å². The number of aliphatic carboxylic acids is 1. The molecule has 3 heterocycles. The highest BCUT2D eigenvalue weighted by molar-refractivity contribution is 7.10. The molecule has 0 radical (unpaired) electrons. The molecule has 102 valence electrons. The summed E-state index contributed by atoms with van der Waals surface area (Å²) >= 11 is 1.73. The van der Waals surface area contributed by atoms with Gasteiger partial charge in [-0.25, -0.2) is 9.59 Å². The van der Waals surface area contributed by atoms with Crippen LogP contribution in [0, 0.1) is 0 Å². The van der Waals surface area contributed by atoms with Gasteiger partial charge in [0.25, 0.3) is 0 Å². The van der Waals surface area contributed by atoms with Crippen LogP contribution in [0.3, 0.4) is 0 Å². The zero-order valence-corrected chi connectivity index (χ0v) is 11.4. The quantitative estimate of drug-likeness (QED) is 0.853. The number of urea groups is 1. The van der Waals surface area contributed by atoms with E-state index < -0.39 is 12.0 Å². The average Bonchev–Trinajstić information content (AvgIpc) is 3.05. The number of hydrogen-bond donors (Lipinski definition) is 1. The van der Waals surface area contributed by atoms with E-state index >= 15 is 0 Å². The second-order valence-corrected chi connectivity index (χ2v) is 6.01. The number of carboxylic acid groups (broad SMARTS) is 1. The Morgan fingerprint density at radius 2 is 2.21 bits per heavy atom. The minimum atomic E-state index is -0.890. The van der Waals surface area contributed by atoms with E-state index in [0.717, 1.165) is 12.8 Å². The maximum absolute atomic E-state index is 12.4. The Morgan fingerprint density at radius 1 is 1.37 bits per heavy atom. The predicted molar refractivity (Wildman–Crippen MR) is 71.2 cm³/mol. The minimum absolute atomic E-state index is 0.123. The molecule has 6 heteroatoms. The molecule has 1 aromatic heterocycles. The Labute approximate surface area is 115 Å². The van der Waals surface area contributed by atoms with Crippen molar-refractivity contribution in [2.24, 2.45) is 0 Å². The number of carboxylic acids is 1. The molecule has 0 saturated carbocycles. The van der Waals surface area contributed by atoms with Crippen LogP contribution in [0.2, 0.25) is 0 Å². The monoisotopic (exact) mass is 280 g/mol. The first kappa shape index (κ1) is 12.5. The first-order valence-electron chi connectivity index (χ1n) is 6.50. The number of fused-ring (bicyclic) bond motifs is 1. The lowest BCUT2D eigenvalue weighted by Crippen LogP contribution is -2.49. The number of thiophene rings is 1. The van der Waals surface area contributed by atoms with E-state index in [1.807, 2.05) is 0 Å². The molecule has 0 spiro atoms. The van der Waals surface area contributed by atoms with Crippen LogP contribution < -0.4 is 0 Å². The third kappa shape index (κ3) is 2.20. The number of carbonyl (C=O) groups is 2. The molecule has 2 aliphatic heterocycles. The van der Waals surface area contributed by atoms with E-state index in [4.69, 9.17) is 5.11 Å². The molecule has 2 aliphatic rings. The van der Waals surface area contributed by atoms with Crippen molar-refractivity contribution in [1.82, 2.24) is 9.80 Å². The Morgan fingerprint density at radius 3 is 3.00 bits per heavy atom. The van der Waals surface area contributed by atoms with Gasteiger partial charge in [-0.1, -0.05) is 0 Å². The molecule has 1 N–H and O–H groups in total. The van der Waals surface area contributed by atoms with E-state index in [0.29, 0.717) is 26.1 Å². The smallest absolute Gasteiger partial charge is 0.326 e. The molecule has 1 unspecified atom stereocenters. The Hall–Kier alpha value is -1.56. The lowest BCUT2D eigenvalue weighted by atomic mass is 10.1.